The van der Waals surface area contributed by atoms with Crippen molar-refractivity contribution < 1.29 is 18.0 Å². The number of benzene rings is 3. The summed E-state index contributed by atoms with van der Waals surface area (Å²) in [5.41, 5.74) is 0.576. The molecule has 0 heterocycles. The van der Waals surface area contributed by atoms with Crippen LogP contribution in [0.3, 0.4) is 0 Å². The molecule has 0 spiro atoms. The van der Waals surface area contributed by atoms with Gasteiger partial charge in [0.1, 0.15) is 12.6 Å². The summed E-state index contributed by atoms with van der Waals surface area (Å²) >= 11 is 25.2. The molecule has 0 saturated heterocycles. The van der Waals surface area contributed by atoms with E-state index in [1.54, 1.807) is 43.3 Å². The first-order valence-electron chi connectivity index (χ1n) is 13.0. The van der Waals surface area contributed by atoms with Gasteiger partial charge in [0.15, 0.2) is 0 Å². The van der Waals surface area contributed by atoms with Gasteiger partial charge in [-0.05, 0) is 67.8 Å². The smallest absolute Gasteiger partial charge is 0.264 e. The quantitative estimate of drug-likeness (QED) is 0.255. The number of amides is 2. The molecule has 3 aromatic carbocycles. The molecular weight excluding hydrogens is 628 g/mol. The average molecular weight is 657 g/mol. The van der Waals surface area contributed by atoms with Gasteiger partial charge in [0, 0.05) is 27.7 Å². The molecule has 0 unspecified atom stereocenters. The largest absolute Gasteiger partial charge is 0.352 e. The summed E-state index contributed by atoms with van der Waals surface area (Å²) in [6.07, 6.45) is 3.78. The van der Waals surface area contributed by atoms with Gasteiger partial charge in [0.2, 0.25) is 11.8 Å². The van der Waals surface area contributed by atoms with Crippen molar-refractivity contribution in [2.45, 2.75) is 56.1 Å². The fourth-order valence-corrected chi connectivity index (χ4v) is 7.07. The Morgan fingerprint density at radius 3 is 2.20 bits per heavy atom. The Morgan fingerprint density at radius 1 is 0.902 bits per heavy atom. The van der Waals surface area contributed by atoms with Crippen LogP contribution in [0.4, 0.5) is 5.69 Å². The summed E-state index contributed by atoms with van der Waals surface area (Å²) < 4.78 is 28.7. The van der Waals surface area contributed by atoms with Gasteiger partial charge < -0.3 is 10.2 Å². The first-order chi connectivity index (χ1) is 19.5. The van der Waals surface area contributed by atoms with Crippen molar-refractivity contribution in [3.8, 4) is 0 Å². The molecule has 1 aliphatic rings. The van der Waals surface area contributed by atoms with Crippen LogP contribution in [0.5, 0.6) is 0 Å². The topological polar surface area (TPSA) is 86.8 Å². The molecule has 1 atom stereocenters. The van der Waals surface area contributed by atoms with Gasteiger partial charge in [0.25, 0.3) is 10.0 Å². The van der Waals surface area contributed by atoms with E-state index in [2.05, 4.69) is 5.32 Å². The lowest BCUT2D eigenvalue weighted by molar-refractivity contribution is -0.139. The highest BCUT2D eigenvalue weighted by Crippen LogP contribution is 2.33. The third kappa shape index (κ3) is 7.67. The van der Waals surface area contributed by atoms with Crippen LogP contribution in [0.15, 0.2) is 71.6 Å². The Bertz CT molecular complexity index is 1520. The van der Waals surface area contributed by atoms with Crippen molar-refractivity contribution in [2.75, 3.05) is 10.8 Å². The van der Waals surface area contributed by atoms with E-state index < -0.39 is 28.5 Å². The zero-order valence-electron chi connectivity index (χ0n) is 22.2. The average Bonchev–Trinajstić information content (AvgIpc) is 3.45. The Hall–Kier alpha value is -2.49. The fourth-order valence-electron chi connectivity index (χ4n) is 4.72. The highest BCUT2D eigenvalue weighted by atomic mass is 35.5. The van der Waals surface area contributed by atoms with E-state index >= 15 is 0 Å². The molecular formula is C29H29Cl4N3O4S. The summed E-state index contributed by atoms with van der Waals surface area (Å²) in [7, 11) is -4.27. The Balaban J connectivity index is 1.73. The van der Waals surface area contributed by atoms with E-state index in [0.717, 1.165) is 30.0 Å². The Kier molecular flexibility index (Phi) is 10.5. The molecule has 0 bridgehead atoms. The molecule has 2 amide bonds. The molecule has 3 aromatic rings. The number of carbonyl (C=O) groups excluding carboxylic acids is 2. The lowest BCUT2D eigenvalue weighted by atomic mass is 10.1. The van der Waals surface area contributed by atoms with Gasteiger partial charge in [-0.1, -0.05) is 83.5 Å². The lowest BCUT2D eigenvalue weighted by Gasteiger charge is -2.33. The number of sulfonamides is 1. The fraction of sp³-hybridized carbons (Fsp3) is 0.310. The maximum Gasteiger partial charge on any atom is 0.264 e. The maximum atomic E-state index is 14.1. The van der Waals surface area contributed by atoms with E-state index in [4.69, 9.17) is 46.4 Å². The molecule has 0 radical (unpaired) electrons. The summed E-state index contributed by atoms with van der Waals surface area (Å²) in [4.78, 5) is 28.7. The van der Waals surface area contributed by atoms with E-state index in [9.17, 15) is 18.0 Å². The third-order valence-corrected chi connectivity index (χ3v) is 9.93. The molecule has 4 rings (SSSR count). The van der Waals surface area contributed by atoms with Gasteiger partial charge >= 0.3 is 0 Å². The third-order valence-electron chi connectivity index (χ3n) is 7.01. The van der Waals surface area contributed by atoms with Crippen LogP contribution in [0.2, 0.25) is 20.1 Å². The standard InChI is InChI=1S/C29H29Cl4N3O4S/c1-19(29(38)34-23-7-5-6-8-23)35(17-20-11-12-21(30)15-26(20)33)28(37)18-36(27-16-22(31)13-14-25(27)32)41(39,40)24-9-3-2-4-10-24/h2-4,9-16,19,23H,5-8,17-18H2,1H3,(H,34,38)/t19-/m1/s1. The van der Waals surface area contributed by atoms with Crippen LogP contribution in [-0.4, -0.2) is 43.8 Å². The van der Waals surface area contributed by atoms with E-state index in [1.165, 1.54) is 35.2 Å². The summed E-state index contributed by atoms with van der Waals surface area (Å²) in [6.45, 7) is 0.897. The number of anilines is 1. The molecule has 0 aliphatic heterocycles. The monoisotopic (exact) mass is 655 g/mol. The molecule has 7 nitrogen and oxygen atoms in total. The van der Waals surface area contributed by atoms with Gasteiger partial charge in [0.05, 0.1) is 15.6 Å². The number of carbonyl (C=O) groups is 2. The summed E-state index contributed by atoms with van der Waals surface area (Å²) in [5, 5.41) is 4.07. The molecule has 1 N–H and O–H groups in total. The van der Waals surface area contributed by atoms with Gasteiger partial charge in [-0.2, -0.15) is 0 Å². The minimum Gasteiger partial charge on any atom is -0.352 e. The van der Waals surface area contributed by atoms with Crippen LogP contribution in [0.1, 0.15) is 38.2 Å². The zero-order chi connectivity index (χ0) is 29.7. The van der Waals surface area contributed by atoms with E-state index in [1.807, 2.05) is 0 Å². The van der Waals surface area contributed by atoms with Crippen LogP contribution in [-0.2, 0) is 26.2 Å². The highest BCUT2D eigenvalue weighted by Gasteiger charge is 2.34. The normalized spacial score (nSPS) is 14.5. The molecule has 0 aromatic heterocycles. The van der Waals surface area contributed by atoms with Crippen molar-refractivity contribution in [1.29, 1.82) is 0 Å². The second-order valence-electron chi connectivity index (χ2n) is 9.84. The Morgan fingerprint density at radius 2 is 1.54 bits per heavy atom. The second-order valence-corrected chi connectivity index (χ2v) is 13.4. The van der Waals surface area contributed by atoms with Crippen LogP contribution in [0.25, 0.3) is 0 Å². The van der Waals surface area contributed by atoms with Crippen LogP contribution in [0, 0.1) is 0 Å². The van der Waals surface area contributed by atoms with Crippen molar-refractivity contribution in [3.05, 3.63) is 92.4 Å². The minimum absolute atomic E-state index is 0.0289. The molecule has 12 heteroatoms. The van der Waals surface area contributed by atoms with Gasteiger partial charge in [-0.25, -0.2) is 8.42 Å². The second kappa shape index (κ2) is 13.7. The number of hydrogen-bond donors (Lipinski definition) is 1. The first-order valence-corrected chi connectivity index (χ1v) is 16.0. The van der Waals surface area contributed by atoms with Crippen molar-refractivity contribution in [3.63, 3.8) is 0 Å². The Labute approximate surface area is 260 Å². The molecule has 218 valence electrons. The summed E-state index contributed by atoms with van der Waals surface area (Å²) in [5.74, 6) is -0.978. The van der Waals surface area contributed by atoms with E-state index in [0.29, 0.717) is 15.6 Å². The maximum absolute atomic E-state index is 14.1. The van der Waals surface area contributed by atoms with Crippen molar-refractivity contribution in [1.82, 2.24) is 10.2 Å². The molecule has 1 fully saturated rings. The van der Waals surface area contributed by atoms with Crippen LogP contribution < -0.4 is 9.62 Å². The number of hydrogen-bond acceptors (Lipinski definition) is 4. The molecule has 1 aliphatic carbocycles. The van der Waals surface area contributed by atoms with Gasteiger partial charge in [-0.3, -0.25) is 13.9 Å². The number of rotatable bonds is 10. The zero-order valence-corrected chi connectivity index (χ0v) is 26.0. The number of nitrogens with one attached hydrogen (secondary N) is 1. The minimum atomic E-state index is -4.27. The lowest BCUT2D eigenvalue weighted by Crippen LogP contribution is -2.52. The van der Waals surface area contributed by atoms with E-state index in [-0.39, 0.29) is 39.1 Å². The SMILES string of the molecule is C[C@H](C(=O)NC1CCCC1)N(Cc1ccc(Cl)cc1Cl)C(=O)CN(c1cc(Cl)ccc1Cl)S(=O)(=O)c1ccccc1. The predicted octanol–water partition coefficient (Wildman–Crippen LogP) is 6.97. The van der Waals surface area contributed by atoms with Crippen molar-refractivity contribution in [2.24, 2.45) is 0 Å². The number of nitrogens with zero attached hydrogens (tertiary/aromatic N) is 2. The molecule has 1 saturated carbocycles. The highest BCUT2D eigenvalue weighted by molar-refractivity contribution is 7.92. The summed E-state index contributed by atoms with van der Waals surface area (Å²) in [6, 6.07) is 16.0. The molecule has 41 heavy (non-hydrogen) atoms. The predicted molar refractivity (Wildman–Crippen MR) is 164 cm³/mol. The van der Waals surface area contributed by atoms with Gasteiger partial charge in [-0.15, -0.1) is 0 Å². The first kappa shape index (κ1) is 31.4. The van der Waals surface area contributed by atoms with Crippen LogP contribution >= 0.6 is 46.4 Å². The number of halogens is 4. The van der Waals surface area contributed by atoms with Crippen molar-refractivity contribution >= 4 is 73.9 Å².